The highest BCUT2D eigenvalue weighted by Crippen LogP contribution is 2.34. The fourth-order valence-electron chi connectivity index (χ4n) is 4.01. The molecule has 1 aliphatic rings. The van der Waals surface area contributed by atoms with E-state index in [0.29, 0.717) is 0 Å². The largest absolute Gasteiger partial charge is 0.497 e. The lowest BCUT2D eigenvalue weighted by Crippen LogP contribution is -2.46. The van der Waals surface area contributed by atoms with E-state index in [0.717, 1.165) is 76.9 Å². The number of pyridine rings is 1. The third-order valence-corrected chi connectivity index (χ3v) is 6.22. The number of halogens is 1. The minimum absolute atomic E-state index is 0.792. The number of benzene rings is 1. The lowest BCUT2D eigenvalue weighted by molar-refractivity contribution is 0.247. The van der Waals surface area contributed by atoms with Crippen molar-refractivity contribution < 1.29 is 4.74 Å². The molecular formula is C22H24BrN7O. The molecule has 0 saturated carbocycles. The number of aromatic amines is 1. The Kier molecular flexibility index (Phi) is 5.37. The average molecular weight is 482 g/mol. The van der Waals surface area contributed by atoms with E-state index in [1.165, 1.54) is 0 Å². The summed E-state index contributed by atoms with van der Waals surface area (Å²) in [7, 11) is 3.67. The fourth-order valence-corrected chi connectivity index (χ4v) is 4.55. The third kappa shape index (κ3) is 4.03. The molecule has 1 saturated heterocycles. The van der Waals surface area contributed by atoms with E-state index in [9.17, 15) is 0 Å². The molecule has 160 valence electrons. The molecule has 1 aromatic carbocycles. The highest BCUT2D eigenvalue weighted by molar-refractivity contribution is 9.10. The molecule has 0 spiro atoms. The second kappa shape index (κ2) is 8.32. The number of methoxy groups -OCH3 is 1. The summed E-state index contributed by atoms with van der Waals surface area (Å²) in [4.78, 5) is 22.1. The monoisotopic (exact) mass is 481 g/mol. The molecule has 0 aliphatic carbocycles. The summed E-state index contributed by atoms with van der Waals surface area (Å²) >= 11 is 3.71. The van der Waals surface area contributed by atoms with Gasteiger partial charge in [-0.05, 0) is 40.2 Å². The maximum absolute atomic E-state index is 5.26. The first-order valence-corrected chi connectivity index (χ1v) is 11.0. The first-order valence-electron chi connectivity index (χ1n) is 10.2. The van der Waals surface area contributed by atoms with Crippen LogP contribution in [0.25, 0.3) is 22.6 Å². The van der Waals surface area contributed by atoms with Crippen molar-refractivity contribution in [2.75, 3.05) is 38.2 Å². The Balaban J connectivity index is 1.38. The van der Waals surface area contributed by atoms with E-state index >= 15 is 0 Å². The maximum Gasteiger partial charge on any atom is 0.159 e. The number of nitrogens with zero attached hydrogens (tertiary/aromatic N) is 6. The van der Waals surface area contributed by atoms with Gasteiger partial charge in [0.25, 0.3) is 0 Å². The Morgan fingerprint density at radius 2 is 1.87 bits per heavy atom. The van der Waals surface area contributed by atoms with Crippen LogP contribution >= 0.6 is 15.9 Å². The number of aryl methyl sites for hydroxylation is 1. The summed E-state index contributed by atoms with van der Waals surface area (Å²) in [6, 6.07) is 7.88. The molecule has 3 aromatic heterocycles. The van der Waals surface area contributed by atoms with Gasteiger partial charge in [0.1, 0.15) is 17.1 Å². The summed E-state index contributed by atoms with van der Waals surface area (Å²) < 4.78 is 8.22. The summed E-state index contributed by atoms with van der Waals surface area (Å²) in [5.74, 6) is 1.63. The first-order chi connectivity index (χ1) is 15.1. The van der Waals surface area contributed by atoms with Gasteiger partial charge in [-0.3, -0.25) is 4.90 Å². The van der Waals surface area contributed by atoms with Crippen LogP contribution in [0.3, 0.4) is 0 Å². The average Bonchev–Trinajstić information content (AvgIpc) is 3.40. The van der Waals surface area contributed by atoms with Gasteiger partial charge in [-0.1, -0.05) is 0 Å². The van der Waals surface area contributed by atoms with E-state index in [-0.39, 0.29) is 0 Å². The first kappa shape index (κ1) is 20.0. The molecular weight excluding hydrogens is 458 g/mol. The Morgan fingerprint density at radius 1 is 1.10 bits per heavy atom. The number of imidazole rings is 2. The van der Waals surface area contributed by atoms with Crippen LogP contribution in [-0.4, -0.2) is 62.7 Å². The summed E-state index contributed by atoms with van der Waals surface area (Å²) in [6.07, 6.45) is 5.79. The van der Waals surface area contributed by atoms with E-state index in [1.54, 1.807) is 7.11 Å². The van der Waals surface area contributed by atoms with Gasteiger partial charge in [0.2, 0.25) is 0 Å². The molecule has 1 aliphatic heterocycles. The molecule has 8 nitrogen and oxygen atoms in total. The zero-order chi connectivity index (χ0) is 21.4. The smallest absolute Gasteiger partial charge is 0.159 e. The van der Waals surface area contributed by atoms with Crippen molar-refractivity contribution in [1.29, 1.82) is 0 Å². The van der Waals surface area contributed by atoms with Crippen molar-refractivity contribution in [2.45, 2.75) is 6.54 Å². The van der Waals surface area contributed by atoms with Crippen LogP contribution < -0.4 is 9.64 Å². The molecule has 0 bridgehead atoms. The molecule has 31 heavy (non-hydrogen) atoms. The number of nitrogens with one attached hydrogen (secondary N) is 1. The third-order valence-electron chi connectivity index (χ3n) is 5.64. The van der Waals surface area contributed by atoms with Gasteiger partial charge in [-0.15, -0.1) is 0 Å². The zero-order valence-corrected chi connectivity index (χ0v) is 19.1. The molecule has 0 radical (unpaired) electrons. The van der Waals surface area contributed by atoms with Gasteiger partial charge in [0.05, 0.1) is 29.3 Å². The highest BCUT2D eigenvalue weighted by atomic mass is 79.9. The van der Waals surface area contributed by atoms with Crippen LogP contribution in [0.1, 0.15) is 5.69 Å². The Bertz CT molecular complexity index is 1190. The van der Waals surface area contributed by atoms with E-state index in [2.05, 4.69) is 46.9 Å². The van der Waals surface area contributed by atoms with Gasteiger partial charge in [-0.25, -0.2) is 15.0 Å². The summed E-state index contributed by atoms with van der Waals surface area (Å²) in [6.45, 7) is 4.68. The second-order valence-electron chi connectivity index (χ2n) is 7.76. The number of fused-ring (bicyclic) bond motifs is 1. The van der Waals surface area contributed by atoms with E-state index < -0.39 is 0 Å². The number of anilines is 1. The van der Waals surface area contributed by atoms with Crippen molar-refractivity contribution in [3.63, 3.8) is 0 Å². The second-order valence-corrected chi connectivity index (χ2v) is 8.61. The minimum atomic E-state index is 0.792. The molecule has 0 unspecified atom stereocenters. The lowest BCUT2D eigenvalue weighted by Gasteiger charge is -2.36. The molecule has 4 heterocycles. The molecule has 4 aromatic rings. The summed E-state index contributed by atoms with van der Waals surface area (Å²) in [5, 5.41) is 0. The number of piperazine rings is 1. The summed E-state index contributed by atoms with van der Waals surface area (Å²) in [5.41, 5.74) is 4.89. The topological polar surface area (TPSA) is 75.1 Å². The predicted molar refractivity (Wildman–Crippen MR) is 124 cm³/mol. The van der Waals surface area contributed by atoms with Gasteiger partial charge in [0.15, 0.2) is 5.65 Å². The van der Waals surface area contributed by atoms with Crippen molar-refractivity contribution in [1.82, 2.24) is 29.4 Å². The van der Waals surface area contributed by atoms with Gasteiger partial charge < -0.3 is 19.2 Å². The quantitative estimate of drug-likeness (QED) is 0.470. The van der Waals surface area contributed by atoms with Crippen LogP contribution in [0.15, 0.2) is 47.5 Å². The van der Waals surface area contributed by atoms with Crippen LogP contribution in [0.5, 0.6) is 5.75 Å². The number of hydrogen-bond acceptors (Lipinski definition) is 6. The number of hydrogen-bond donors (Lipinski definition) is 1. The standard InChI is InChI=1S/C22H24BrN7O/c1-28-12-16(25-14-28)13-29-7-9-30(10-8-29)20-18(23)11-24-22-19(20)26-21(27-22)15-3-5-17(31-2)6-4-15/h3-6,11-12,14H,7-10,13H2,1-2H3,(H,24,26,27). The number of rotatable bonds is 5. The number of aromatic nitrogens is 5. The highest BCUT2D eigenvalue weighted by Gasteiger charge is 2.23. The molecule has 9 heteroatoms. The van der Waals surface area contributed by atoms with Crippen LogP contribution in [-0.2, 0) is 13.6 Å². The van der Waals surface area contributed by atoms with Gasteiger partial charge in [-0.2, -0.15) is 0 Å². The Morgan fingerprint density at radius 3 is 2.55 bits per heavy atom. The van der Waals surface area contributed by atoms with Crippen molar-refractivity contribution in [2.24, 2.45) is 7.05 Å². The minimum Gasteiger partial charge on any atom is -0.497 e. The predicted octanol–water partition coefficient (Wildman–Crippen LogP) is 3.45. The van der Waals surface area contributed by atoms with E-state index in [1.807, 2.05) is 48.4 Å². The van der Waals surface area contributed by atoms with Crippen LogP contribution in [0, 0.1) is 0 Å². The van der Waals surface area contributed by atoms with Crippen molar-refractivity contribution in [3.8, 4) is 17.1 Å². The Hall–Kier alpha value is -2.91. The van der Waals surface area contributed by atoms with Crippen molar-refractivity contribution in [3.05, 3.63) is 53.2 Å². The van der Waals surface area contributed by atoms with Gasteiger partial charge >= 0.3 is 0 Å². The molecule has 0 atom stereocenters. The van der Waals surface area contributed by atoms with Crippen LogP contribution in [0.2, 0.25) is 0 Å². The number of H-pyrrole nitrogens is 1. The SMILES string of the molecule is COc1ccc(-c2nc3c(N4CCN(Cc5cn(C)cn5)CC4)c(Br)cnc3[nH]2)cc1. The van der Waals surface area contributed by atoms with Crippen molar-refractivity contribution >= 4 is 32.8 Å². The number of ether oxygens (including phenoxy) is 1. The molecule has 1 N–H and O–H groups in total. The normalized spacial score (nSPS) is 15.0. The Labute approximate surface area is 189 Å². The molecule has 1 fully saturated rings. The maximum atomic E-state index is 5.26. The lowest BCUT2D eigenvalue weighted by atomic mass is 10.2. The molecule has 5 rings (SSSR count). The molecule has 0 amide bonds. The van der Waals surface area contributed by atoms with Gasteiger partial charge in [0, 0.05) is 57.7 Å². The van der Waals surface area contributed by atoms with E-state index in [4.69, 9.17) is 9.72 Å². The fraction of sp³-hybridized carbons (Fsp3) is 0.318. The van der Waals surface area contributed by atoms with Crippen LogP contribution in [0.4, 0.5) is 5.69 Å². The zero-order valence-electron chi connectivity index (χ0n) is 17.5.